The van der Waals surface area contributed by atoms with E-state index in [1.807, 2.05) is 0 Å². The van der Waals surface area contributed by atoms with Crippen LogP contribution in [0.1, 0.15) is 37.0 Å². The number of carbonyl (C=O) groups excluding carboxylic acids is 4. The van der Waals surface area contributed by atoms with E-state index in [1.165, 1.54) is 18.2 Å². The lowest BCUT2D eigenvalue weighted by Crippen LogP contribution is -2.37. The van der Waals surface area contributed by atoms with Gasteiger partial charge in [-0.3, -0.25) is 9.59 Å². The maximum absolute atomic E-state index is 12.4. The number of esters is 2. The van der Waals surface area contributed by atoms with Crippen molar-refractivity contribution >= 4 is 23.6 Å². The molecule has 1 aromatic carbocycles. The Kier molecular flexibility index (Phi) is 11.0. The SMILES string of the molecule is CCOC(=O)COc1cc(OCC(=O)OCC)cc(C(=O)CCCNC(=O)C(F)(F)F)c1. The summed E-state index contributed by atoms with van der Waals surface area (Å²) in [5.41, 5.74) is 0.0763. The Bertz CT molecular complexity index is 770. The van der Waals surface area contributed by atoms with Crippen LogP contribution in [0.3, 0.4) is 0 Å². The summed E-state index contributed by atoms with van der Waals surface area (Å²) in [4.78, 5) is 46.2. The van der Waals surface area contributed by atoms with Gasteiger partial charge in [0.2, 0.25) is 0 Å². The summed E-state index contributed by atoms with van der Waals surface area (Å²) < 4.78 is 56.6. The maximum Gasteiger partial charge on any atom is 0.471 e. The summed E-state index contributed by atoms with van der Waals surface area (Å²) >= 11 is 0. The number of Topliss-reactive ketones (excluding diaryl/α,β-unsaturated/α-hetero) is 1. The van der Waals surface area contributed by atoms with E-state index in [4.69, 9.17) is 18.9 Å². The lowest BCUT2D eigenvalue weighted by atomic mass is 10.1. The van der Waals surface area contributed by atoms with Gasteiger partial charge in [-0.2, -0.15) is 13.2 Å². The lowest BCUT2D eigenvalue weighted by molar-refractivity contribution is -0.173. The highest BCUT2D eigenvalue weighted by Crippen LogP contribution is 2.24. The number of halogens is 3. The summed E-state index contributed by atoms with van der Waals surface area (Å²) in [5, 5.41) is 1.67. The van der Waals surface area contributed by atoms with Crippen molar-refractivity contribution in [2.24, 2.45) is 0 Å². The minimum atomic E-state index is -5.00. The van der Waals surface area contributed by atoms with Crippen molar-refractivity contribution in [2.75, 3.05) is 33.0 Å². The Hall–Kier alpha value is -3.31. The molecule has 0 aliphatic carbocycles. The highest BCUT2D eigenvalue weighted by molar-refractivity contribution is 5.97. The zero-order valence-electron chi connectivity index (χ0n) is 17.6. The molecule has 9 nitrogen and oxygen atoms in total. The first-order valence-corrected chi connectivity index (χ1v) is 9.67. The maximum atomic E-state index is 12.4. The normalized spacial score (nSPS) is 10.8. The van der Waals surface area contributed by atoms with Crippen LogP contribution >= 0.6 is 0 Å². The first-order chi connectivity index (χ1) is 15.1. The highest BCUT2D eigenvalue weighted by Gasteiger charge is 2.38. The quantitative estimate of drug-likeness (QED) is 0.269. The fourth-order valence-corrected chi connectivity index (χ4v) is 2.28. The topological polar surface area (TPSA) is 117 Å². The second-order valence-electron chi connectivity index (χ2n) is 6.16. The van der Waals surface area contributed by atoms with Gasteiger partial charge in [0.25, 0.3) is 0 Å². The van der Waals surface area contributed by atoms with Gasteiger partial charge in [-0.05, 0) is 32.4 Å². The van der Waals surface area contributed by atoms with Crippen LogP contribution in [0.2, 0.25) is 0 Å². The van der Waals surface area contributed by atoms with E-state index in [-0.39, 0.29) is 49.7 Å². The molecular weight excluding hydrogens is 439 g/mol. The molecule has 0 saturated carbocycles. The standard InChI is InChI=1S/C20H24F3NO8/c1-3-29-17(26)11-31-14-8-13(9-15(10-14)32-12-18(27)30-4-2)16(25)6-5-7-24-19(28)20(21,22)23/h8-10H,3-7,11-12H2,1-2H3,(H,24,28). The van der Waals surface area contributed by atoms with E-state index in [0.29, 0.717) is 0 Å². The molecule has 0 atom stereocenters. The molecule has 0 radical (unpaired) electrons. The zero-order valence-corrected chi connectivity index (χ0v) is 17.6. The van der Waals surface area contributed by atoms with Crippen LogP contribution in [0.25, 0.3) is 0 Å². The summed E-state index contributed by atoms with van der Waals surface area (Å²) in [6.45, 7) is 2.32. The number of alkyl halides is 3. The predicted molar refractivity (Wildman–Crippen MR) is 103 cm³/mol. The minimum Gasteiger partial charge on any atom is -0.482 e. The highest BCUT2D eigenvalue weighted by atomic mass is 19.4. The van der Waals surface area contributed by atoms with Crippen molar-refractivity contribution in [1.82, 2.24) is 5.32 Å². The molecule has 0 aromatic heterocycles. The third-order valence-electron chi connectivity index (χ3n) is 3.65. The van der Waals surface area contributed by atoms with Crippen LogP contribution in [0.4, 0.5) is 13.2 Å². The fraction of sp³-hybridized carbons (Fsp3) is 0.500. The van der Waals surface area contributed by atoms with Gasteiger partial charge in [-0.1, -0.05) is 0 Å². The average molecular weight is 463 g/mol. The van der Waals surface area contributed by atoms with Crippen LogP contribution in [0.5, 0.6) is 11.5 Å². The molecule has 0 saturated heterocycles. The van der Waals surface area contributed by atoms with Crippen molar-refractivity contribution in [3.8, 4) is 11.5 Å². The van der Waals surface area contributed by atoms with E-state index in [9.17, 15) is 32.3 Å². The molecule has 178 valence electrons. The van der Waals surface area contributed by atoms with Crippen molar-refractivity contribution in [3.63, 3.8) is 0 Å². The molecule has 1 N–H and O–H groups in total. The van der Waals surface area contributed by atoms with Crippen LogP contribution in [0, 0.1) is 0 Å². The Morgan fingerprint density at radius 3 is 1.81 bits per heavy atom. The first-order valence-electron chi connectivity index (χ1n) is 9.67. The third kappa shape index (κ3) is 10.1. The van der Waals surface area contributed by atoms with Gasteiger partial charge >= 0.3 is 24.0 Å². The molecule has 1 rings (SSSR count). The van der Waals surface area contributed by atoms with Crippen LogP contribution in [-0.2, 0) is 23.9 Å². The van der Waals surface area contributed by atoms with Crippen LogP contribution < -0.4 is 14.8 Å². The number of rotatable bonds is 13. The number of nitrogens with one attached hydrogen (secondary N) is 1. The van der Waals surface area contributed by atoms with Gasteiger partial charge in [0.15, 0.2) is 19.0 Å². The molecule has 1 aromatic rings. The van der Waals surface area contributed by atoms with Crippen molar-refractivity contribution in [3.05, 3.63) is 23.8 Å². The number of hydrogen-bond acceptors (Lipinski definition) is 8. The zero-order chi connectivity index (χ0) is 24.1. The molecule has 0 spiro atoms. The van der Waals surface area contributed by atoms with Gasteiger partial charge in [-0.25, -0.2) is 9.59 Å². The van der Waals surface area contributed by atoms with Crippen molar-refractivity contribution in [2.45, 2.75) is 32.9 Å². The van der Waals surface area contributed by atoms with Crippen LogP contribution in [0.15, 0.2) is 18.2 Å². The molecule has 0 fully saturated rings. The Labute approximate surface area is 182 Å². The number of carbonyl (C=O) groups is 4. The molecule has 32 heavy (non-hydrogen) atoms. The fourth-order valence-electron chi connectivity index (χ4n) is 2.28. The van der Waals surface area contributed by atoms with E-state index in [1.54, 1.807) is 19.2 Å². The summed E-state index contributed by atoms with van der Waals surface area (Å²) in [7, 11) is 0. The summed E-state index contributed by atoms with van der Waals surface area (Å²) in [6, 6.07) is 3.97. The Morgan fingerprint density at radius 1 is 0.875 bits per heavy atom. The molecule has 0 unspecified atom stereocenters. The Morgan fingerprint density at radius 2 is 1.38 bits per heavy atom. The lowest BCUT2D eigenvalue weighted by Gasteiger charge is -2.12. The molecule has 12 heteroatoms. The second-order valence-corrected chi connectivity index (χ2v) is 6.16. The molecule has 0 aliphatic rings. The number of ketones is 1. The molecule has 0 bridgehead atoms. The molecule has 0 heterocycles. The first kappa shape index (κ1) is 26.7. The summed E-state index contributed by atoms with van der Waals surface area (Å²) in [5.74, 6) is -3.69. The van der Waals surface area contributed by atoms with E-state index >= 15 is 0 Å². The Balaban J connectivity index is 2.82. The van der Waals surface area contributed by atoms with Gasteiger partial charge in [0.05, 0.1) is 13.2 Å². The molecular formula is C20H24F3NO8. The van der Waals surface area contributed by atoms with Gasteiger partial charge in [0.1, 0.15) is 11.5 Å². The molecule has 0 aliphatic heterocycles. The van der Waals surface area contributed by atoms with Gasteiger partial charge in [-0.15, -0.1) is 0 Å². The number of hydrogen-bond donors (Lipinski definition) is 1. The summed E-state index contributed by atoms with van der Waals surface area (Å²) in [6.07, 6.45) is -5.23. The van der Waals surface area contributed by atoms with E-state index in [0.717, 1.165) is 0 Å². The van der Waals surface area contributed by atoms with Crippen molar-refractivity contribution in [1.29, 1.82) is 0 Å². The monoisotopic (exact) mass is 463 g/mol. The second kappa shape index (κ2) is 13.2. The van der Waals surface area contributed by atoms with Gasteiger partial charge in [0, 0.05) is 24.6 Å². The largest absolute Gasteiger partial charge is 0.482 e. The van der Waals surface area contributed by atoms with Gasteiger partial charge < -0.3 is 24.3 Å². The van der Waals surface area contributed by atoms with Crippen molar-refractivity contribution < 1.29 is 51.3 Å². The molecule has 1 amide bonds. The predicted octanol–water partition coefficient (Wildman–Crippen LogP) is 2.21. The van der Waals surface area contributed by atoms with E-state index in [2.05, 4.69) is 0 Å². The van der Waals surface area contributed by atoms with E-state index < -0.39 is 43.0 Å². The average Bonchev–Trinajstić information content (AvgIpc) is 2.73. The van der Waals surface area contributed by atoms with Crippen LogP contribution in [-0.4, -0.2) is 62.8 Å². The number of ether oxygens (including phenoxy) is 4. The smallest absolute Gasteiger partial charge is 0.471 e. The number of benzene rings is 1. The number of amides is 1. The minimum absolute atomic E-state index is 0.0480. The third-order valence-corrected chi connectivity index (χ3v) is 3.65.